The molecule has 0 amide bonds. The van der Waals surface area contributed by atoms with Gasteiger partial charge in [-0.05, 0) is 102 Å². The van der Waals surface area contributed by atoms with Crippen molar-refractivity contribution >= 4 is 17.7 Å². The van der Waals surface area contributed by atoms with Crippen LogP contribution in [0.15, 0.2) is 126 Å². The summed E-state index contributed by atoms with van der Waals surface area (Å²) < 4.78 is 0. The van der Waals surface area contributed by atoms with Gasteiger partial charge in [0.2, 0.25) is 0 Å². The minimum absolute atomic E-state index is 0.540. The van der Waals surface area contributed by atoms with E-state index in [-0.39, 0.29) is 0 Å². The number of benzene rings is 2. The summed E-state index contributed by atoms with van der Waals surface area (Å²) in [4.78, 5) is 0. The third-order valence-corrected chi connectivity index (χ3v) is 9.38. The average molecular weight is 523 g/mol. The molecule has 4 atom stereocenters. The Morgan fingerprint density at radius 2 is 1.52 bits per heavy atom. The second-order valence-corrected chi connectivity index (χ2v) is 12.3. The van der Waals surface area contributed by atoms with Gasteiger partial charge in [0.15, 0.2) is 0 Å². The molecule has 0 heterocycles. The van der Waals surface area contributed by atoms with E-state index in [4.69, 9.17) is 0 Å². The quantitative estimate of drug-likeness (QED) is 0.302. The normalized spacial score (nSPS) is 23.1. The molecule has 0 aromatic heterocycles. The first-order chi connectivity index (χ1) is 19.5. The molecule has 0 saturated heterocycles. The van der Waals surface area contributed by atoms with Crippen molar-refractivity contribution in [2.45, 2.75) is 52.9 Å². The Bertz CT molecular complexity index is 1460. The number of hydrogen-bond acceptors (Lipinski definition) is 0. The molecule has 0 bridgehead atoms. The fourth-order valence-electron chi connectivity index (χ4n) is 6.79. The Morgan fingerprint density at radius 1 is 0.800 bits per heavy atom. The Balaban J connectivity index is 1.29. The molecule has 202 valence electrons. The largest absolute Gasteiger partial charge is 0.0811 e. The zero-order valence-corrected chi connectivity index (χ0v) is 24.3. The van der Waals surface area contributed by atoms with E-state index in [1.165, 1.54) is 58.2 Å². The highest BCUT2D eigenvalue weighted by Crippen LogP contribution is 2.41. The molecule has 4 unspecified atom stereocenters. The van der Waals surface area contributed by atoms with E-state index in [0.29, 0.717) is 23.7 Å². The summed E-state index contributed by atoms with van der Waals surface area (Å²) in [5, 5.41) is 0. The van der Waals surface area contributed by atoms with Crippen molar-refractivity contribution in [3.05, 3.63) is 148 Å². The van der Waals surface area contributed by atoms with Crippen molar-refractivity contribution in [2.75, 3.05) is 0 Å². The molecule has 0 fully saturated rings. The summed E-state index contributed by atoms with van der Waals surface area (Å²) >= 11 is 0. The lowest BCUT2D eigenvalue weighted by molar-refractivity contribution is 0.378. The smallest absolute Gasteiger partial charge is 0.00964 e. The van der Waals surface area contributed by atoms with Crippen LogP contribution in [0.25, 0.3) is 17.7 Å². The van der Waals surface area contributed by atoms with Crippen molar-refractivity contribution in [3.63, 3.8) is 0 Å². The molecule has 0 aliphatic heterocycles. The molecule has 4 aliphatic carbocycles. The summed E-state index contributed by atoms with van der Waals surface area (Å²) in [5.41, 5.74) is 12.6. The molecule has 40 heavy (non-hydrogen) atoms. The average Bonchev–Trinajstić information content (AvgIpc) is 3.15. The Morgan fingerprint density at radius 3 is 2.12 bits per heavy atom. The van der Waals surface area contributed by atoms with E-state index < -0.39 is 0 Å². The number of fused-ring (bicyclic) bond motifs is 2. The van der Waals surface area contributed by atoms with Crippen molar-refractivity contribution in [2.24, 2.45) is 23.7 Å². The van der Waals surface area contributed by atoms with Gasteiger partial charge in [0.1, 0.15) is 0 Å². The maximum Gasteiger partial charge on any atom is -0.00964 e. The van der Waals surface area contributed by atoms with Crippen molar-refractivity contribution < 1.29 is 0 Å². The van der Waals surface area contributed by atoms with Crippen molar-refractivity contribution in [3.8, 4) is 0 Å². The van der Waals surface area contributed by atoms with Crippen LogP contribution in [0.4, 0.5) is 0 Å². The van der Waals surface area contributed by atoms with E-state index in [9.17, 15) is 0 Å². The van der Waals surface area contributed by atoms with E-state index in [0.717, 1.165) is 12.8 Å². The van der Waals surface area contributed by atoms with E-state index in [2.05, 4.69) is 136 Å². The molecule has 2 aromatic rings. The second kappa shape index (κ2) is 11.8. The van der Waals surface area contributed by atoms with Crippen LogP contribution in [0, 0.1) is 23.7 Å². The molecule has 0 heteroatoms. The van der Waals surface area contributed by atoms with Gasteiger partial charge in [-0.2, -0.15) is 0 Å². The summed E-state index contributed by atoms with van der Waals surface area (Å²) in [7, 11) is 0. The zero-order chi connectivity index (χ0) is 27.5. The van der Waals surface area contributed by atoms with E-state index in [1.54, 1.807) is 11.1 Å². The minimum atomic E-state index is 0.540. The molecule has 0 saturated carbocycles. The second-order valence-electron chi connectivity index (χ2n) is 12.3. The first-order valence-electron chi connectivity index (χ1n) is 15.3. The van der Waals surface area contributed by atoms with Gasteiger partial charge in [-0.3, -0.25) is 0 Å². The van der Waals surface area contributed by atoms with Crippen LogP contribution >= 0.6 is 0 Å². The minimum Gasteiger partial charge on any atom is -0.0811 e. The van der Waals surface area contributed by atoms with Crippen LogP contribution in [0.5, 0.6) is 0 Å². The molecule has 0 radical (unpaired) electrons. The first kappa shape index (κ1) is 26.6. The van der Waals surface area contributed by atoms with Crippen LogP contribution in [0.2, 0.25) is 0 Å². The first-order valence-corrected chi connectivity index (χ1v) is 15.3. The predicted octanol–water partition coefficient (Wildman–Crippen LogP) is 10.9. The highest BCUT2D eigenvalue weighted by molar-refractivity contribution is 5.94. The molecular weight excluding hydrogens is 480 g/mol. The summed E-state index contributed by atoms with van der Waals surface area (Å²) in [6.45, 7) is 7.03. The SMILES string of the molecule is CC1=CCC(CC(C2=CCC(C)C=C2)C(C)C2=CC=C(C=C3c4ccccc4C=Cc4ccccc43)CC2)C=C1. The van der Waals surface area contributed by atoms with Gasteiger partial charge >= 0.3 is 0 Å². The Hall–Kier alpha value is -3.64. The summed E-state index contributed by atoms with van der Waals surface area (Å²) in [5.74, 6) is 2.39. The topological polar surface area (TPSA) is 0 Å². The highest BCUT2D eigenvalue weighted by Gasteiger charge is 2.28. The zero-order valence-electron chi connectivity index (χ0n) is 24.3. The third-order valence-electron chi connectivity index (χ3n) is 9.38. The molecular formula is C40H42. The molecule has 0 nitrogen and oxygen atoms in total. The van der Waals surface area contributed by atoms with Gasteiger partial charge in [0.05, 0.1) is 0 Å². The van der Waals surface area contributed by atoms with E-state index >= 15 is 0 Å². The lowest BCUT2D eigenvalue weighted by Crippen LogP contribution is -2.21. The summed E-state index contributed by atoms with van der Waals surface area (Å²) in [6.07, 6.45) is 32.2. The van der Waals surface area contributed by atoms with Gasteiger partial charge < -0.3 is 0 Å². The lowest BCUT2D eigenvalue weighted by atomic mass is 9.72. The maximum absolute atomic E-state index is 2.53. The fraction of sp³-hybridized carbons (Fsp3) is 0.300. The van der Waals surface area contributed by atoms with Gasteiger partial charge in [-0.1, -0.05) is 140 Å². The lowest BCUT2D eigenvalue weighted by Gasteiger charge is -2.33. The Labute approximate surface area is 241 Å². The van der Waals surface area contributed by atoms with Crippen LogP contribution in [-0.2, 0) is 0 Å². The maximum atomic E-state index is 2.53. The monoisotopic (exact) mass is 522 g/mol. The molecule has 6 rings (SSSR count). The predicted molar refractivity (Wildman–Crippen MR) is 174 cm³/mol. The Kier molecular flexibility index (Phi) is 7.87. The number of allylic oxidation sites excluding steroid dienone is 13. The highest BCUT2D eigenvalue weighted by atomic mass is 14.3. The molecule has 2 aromatic carbocycles. The third kappa shape index (κ3) is 5.78. The van der Waals surface area contributed by atoms with E-state index in [1.807, 2.05) is 0 Å². The molecule has 0 N–H and O–H groups in total. The fourth-order valence-corrected chi connectivity index (χ4v) is 6.79. The van der Waals surface area contributed by atoms with Crippen molar-refractivity contribution in [1.82, 2.24) is 0 Å². The van der Waals surface area contributed by atoms with Crippen LogP contribution < -0.4 is 0 Å². The van der Waals surface area contributed by atoms with Gasteiger partial charge in [-0.25, -0.2) is 0 Å². The van der Waals surface area contributed by atoms with Gasteiger partial charge in [-0.15, -0.1) is 0 Å². The van der Waals surface area contributed by atoms with Crippen molar-refractivity contribution in [1.29, 1.82) is 0 Å². The van der Waals surface area contributed by atoms with Crippen LogP contribution in [0.1, 0.15) is 75.1 Å². The number of hydrogen-bond donors (Lipinski definition) is 0. The molecule has 0 spiro atoms. The standard InChI is InChI=1S/C40H42/c1-28-12-16-31(17-13-28)26-39(36-20-14-29(2)15-21-36)30(3)33-22-18-32(19-23-33)27-40-37-10-6-4-8-34(37)24-25-35-9-5-7-11-38(35)40/h4-14,16,18,20-22,24-25,27,29-31,39H,15,17,19,23,26H2,1-3H3. The van der Waals surface area contributed by atoms with Gasteiger partial charge in [0.25, 0.3) is 0 Å². The van der Waals surface area contributed by atoms with Crippen LogP contribution in [0.3, 0.4) is 0 Å². The van der Waals surface area contributed by atoms with Crippen LogP contribution in [-0.4, -0.2) is 0 Å². The molecule has 4 aliphatic rings. The number of rotatable bonds is 6. The van der Waals surface area contributed by atoms with Gasteiger partial charge in [0, 0.05) is 0 Å². The summed E-state index contributed by atoms with van der Waals surface area (Å²) in [6, 6.07) is 17.6.